The first-order valence-corrected chi connectivity index (χ1v) is 7.15. The Hall–Kier alpha value is -2.66. The zero-order valence-corrected chi connectivity index (χ0v) is 13.3. The number of ketones is 1. The minimum atomic E-state index is -0.440. The Bertz CT molecular complexity index is 769. The van der Waals surface area contributed by atoms with Crippen LogP contribution in [0.1, 0.15) is 34.6 Å². The fraction of sp³-hybridized carbons (Fsp3) is 0.118. The molecule has 2 aromatic rings. The molecule has 118 valence electrons. The number of rotatable bonds is 4. The van der Waals surface area contributed by atoms with Gasteiger partial charge in [0, 0.05) is 18.1 Å². The van der Waals surface area contributed by atoms with Crippen molar-refractivity contribution in [1.29, 1.82) is 0 Å². The zero-order valence-electron chi connectivity index (χ0n) is 12.6. The zero-order chi connectivity index (χ0) is 17.0. The predicted octanol–water partition coefficient (Wildman–Crippen LogP) is 3.72. The van der Waals surface area contributed by atoms with Crippen LogP contribution in [-0.2, 0) is 4.79 Å². The number of anilines is 1. The first-order valence-electron chi connectivity index (χ1n) is 6.77. The predicted molar refractivity (Wildman–Crippen MR) is 87.2 cm³/mol. The Morgan fingerprint density at radius 2 is 1.65 bits per heavy atom. The monoisotopic (exact) mass is 331 g/mol. The number of esters is 1. The number of benzene rings is 2. The van der Waals surface area contributed by atoms with Gasteiger partial charge < -0.3 is 10.1 Å². The summed E-state index contributed by atoms with van der Waals surface area (Å²) in [6.07, 6.45) is 0. The van der Waals surface area contributed by atoms with E-state index in [2.05, 4.69) is 5.32 Å². The van der Waals surface area contributed by atoms with Crippen molar-refractivity contribution in [3.8, 4) is 5.75 Å². The Labute approximate surface area is 138 Å². The Morgan fingerprint density at radius 3 is 2.22 bits per heavy atom. The molecule has 6 heteroatoms. The highest BCUT2D eigenvalue weighted by Crippen LogP contribution is 2.27. The first kappa shape index (κ1) is 16.7. The van der Waals surface area contributed by atoms with Gasteiger partial charge in [-0.25, -0.2) is 0 Å². The molecule has 2 aromatic carbocycles. The van der Waals surface area contributed by atoms with Crippen molar-refractivity contribution in [2.75, 3.05) is 5.32 Å². The van der Waals surface area contributed by atoms with Crippen molar-refractivity contribution in [2.45, 2.75) is 13.8 Å². The van der Waals surface area contributed by atoms with Crippen molar-refractivity contribution in [2.24, 2.45) is 0 Å². The van der Waals surface area contributed by atoms with Gasteiger partial charge in [-0.05, 0) is 43.3 Å². The van der Waals surface area contributed by atoms with Crippen LogP contribution >= 0.6 is 11.6 Å². The molecule has 0 spiro atoms. The number of hydrogen-bond acceptors (Lipinski definition) is 4. The molecular formula is C17H14ClNO4. The van der Waals surface area contributed by atoms with Crippen LogP contribution in [0.4, 0.5) is 5.69 Å². The van der Waals surface area contributed by atoms with Gasteiger partial charge in [-0.15, -0.1) is 0 Å². The molecule has 5 nitrogen and oxygen atoms in total. The number of Topliss-reactive ketones (excluding diaryl/α,β-unsaturated/α-hetero) is 1. The summed E-state index contributed by atoms with van der Waals surface area (Å²) in [6.45, 7) is 2.69. The van der Waals surface area contributed by atoms with E-state index in [0.717, 1.165) is 0 Å². The fourth-order valence-electron chi connectivity index (χ4n) is 1.97. The molecule has 2 rings (SSSR count). The van der Waals surface area contributed by atoms with E-state index >= 15 is 0 Å². The number of carbonyl (C=O) groups is 3. The van der Waals surface area contributed by atoms with E-state index in [-0.39, 0.29) is 16.5 Å². The molecule has 0 bridgehead atoms. The van der Waals surface area contributed by atoms with Crippen LogP contribution in [0.15, 0.2) is 42.5 Å². The molecule has 1 amide bonds. The van der Waals surface area contributed by atoms with Gasteiger partial charge in [-0.2, -0.15) is 0 Å². The molecule has 0 aromatic heterocycles. The molecule has 0 saturated carbocycles. The third-order valence-corrected chi connectivity index (χ3v) is 3.32. The van der Waals surface area contributed by atoms with E-state index in [1.165, 1.54) is 38.1 Å². The average Bonchev–Trinajstić information content (AvgIpc) is 2.49. The maximum absolute atomic E-state index is 12.3. The molecule has 23 heavy (non-hydrogen) atoms. The van der Waals surface area contributed by atoms with Crippen LogP contribution in [0.2, 0.25) is 5.02 Å². The van der Waals surface area contributed by atoms with E-state index in [1.54, 1.807) is 18.2 Å². The van der Waals surface area contributed by atoms with Gasteiger partial charge >= 0.3 is 5.97 Å². The lowest BCUT2D eigenvalue weighted by molar-refractivity contribution is -0.131. The number of ether oxygens (including phenoxy) is 1. The second kappa shape index (κ2) is 7.07. The molecule has 0 fully saturated rings. The number of amides is 1. The van der Waals surface area contributed by atoms with Gasteiger partial charge in [0.05, 0.1) is 10.7 Å². The quantitative estimate of drug-likeness (QED) is 0.526. The van der Waals surface area contributed by atoms with Gasteiger partial charge in [-0.3, -0.25) is 14.4 Å². The maximum Gasteiger partial charge on any atom is 0.308 e. The Kier molecular flexibility index (Phi) is 5.13. The molecule has 0 heterocycles. The summed E-state index contributed by atoms with van der Waals surface area (Å²) >= 11 is 6.06. The summed E-state index contributed by atoms with van der Waals surface area (Å²) in [7, 11) is 0. The van der Waals surface area contributed by atoms with E-state index in [9.17, 15) is 14.4 Å². The van der Waals surface area contributed by atoms with Gasteiger partial charge in [-0.1, -0.05) is 17.7 Å². The van der Waals surface area contributed by atoms with Crippen LogP contribution in [0.25, 0.3) is 0 Å². The van der Waals surface area contributed by atoms with Gasteiger partial charge in [0.2, 0.25) is 0 Å². The van der Waals surface area contributed by atoms with Crippen molar-refractivity contribution >= 4 is 34.9 Å². The van der Waals surface area contributed by atoms with E-state index < -0.39 is 11.9 Å². The van der Waals surface area contributed by atoms with Crippen molar-refractivity contribution < 1.29 is 19.1 Å². The SMILES string of the molecule is CC(=O)Oc1ccc(C(=O)Nc2c(Cl)cccc2C(C)=O)cc1. The van der Waals surface area contributed by atoms with Crippen molar-refractivity contribution in [1.82, 2.24) is 0 Å². The molecule has 0 aliphatic carbocycles. The number of carbonyl (C=O) groups excluding carboxylic acids is 3. The molecule has 1 N–H and O–H groups in total. The van der Waals surface area contributed by atoms with Crippen LogP contribution < -0.4 is 10.1 Å². The summed E-state index contributed by atoms with van der Waals surface area (Å²) in [6, 6.07) is 10.9. The minimum Gasteiger partial charge on any atom is -0.427 e. The van der Waals surface area contributed by atoms with Crippen molar-refractivity contribution in [3.63, 3.8) is 0 Å². The maximum atomic E-state index is 12.3. The third-order valence-electron chi connectivity index (χ3n) is 3.01. The number of para-hydroxylation sites is 1. The molecule has 0 unspecified atom stereocenters. The number of hydrogen-bond donors (Lipinski definition) is 1. The van der Waals surface area contributed by atoms with Crippen LogP contribution in [0, 0.1) is 0 Å². The molecule has 0 aliphatic heterocycles. The fourth-order valence-corrected chi connectivity index (χ4v) is 2.19. The lowest BCUT2D eigenvalue weighted by Gasteiger charge is -2.11. The topological polar surface area (TPSA) is 72.5 Å². The highest BCUT2D eigenvalue weighted by atomic mass is 35.5. The first-order chi connectivity index (χ1) is 10.9. The van der Waals surface area contributed by atoms with E-state index in [4.69, 9.17) is 16.3 Å². The summed E-state index contributed by atoms with van der Waals surface area (Å²) in [4.78, 5) is 34.8. The van der Waals surface area contributed by atoms with E-state index in [1.807, 2.05) is 0 Å². The summed E-state index contributed by atoms with van der Waals surface area (Å²) in [5.74, 6) is -0.719. The minimum absolute atomic E-state index is 0.201. The highest BCUT2D eigenvalue weighted by Gasteiger charge is 2.15. The summed E-state index contributed by atoms with van der Waals surface area (Å²) < 4.78 is 4.90. The smallest absolute Gasteiger partial charge is 0.308 e. The molecule has 0 saturated heterocycles. The Morgan fingerprint density at radius 1 is 1.00 bits per heavy atom. The largest absolute Gasteiger partial charge is 0.427 e. The average molecular weight is 332 g/mol. The van der Waals surface area contributed by atoms with E-state index in [0.29, 0.717) is 16.9 Å². The second-order valence-electron chi connectivity index (χ2n) is 4.79. The third kappa shape index (κ3) is 4.17. The molecule has 0 radical (unpaired) electrons. The number of halogens is 1. The molecule has 0 atom stereocenters. The van der Waals surface area contributed by atoms with Gasteiger partial charge in [0.1, 0.15) is 5.75 Å². The number of nitrogens with one attached hydrogen (secondary N) is 1. The van der Waals surface area contributed by atoms with Crippen molar-refractivity contribution in [3.05, 3.63) is 58.6 Å². The second-order valence-corrected chi connectivity index (χ2v) is 5.20. The lowest BCUT2D eigenvalue weighted by Crippen LogP contribution is -2.14. The molecule has 0 aliphatic rings. The lowest BCUT2D eigenvalue weighted by atomic mass is 10.1. The summed E-state index contributed by atoms with van der Waals surface area (Å²) in [5, 5.41) is 2.92. The molecular weight excluding hydrogens is 318 g/mol. The van der Waals surface area contributed by atoms with Crippen LogP contribution in [0.5, 0.6) is 5.75 Å². The van der Waals surface area contributed by atoms with Gasteiger partial charge in [0.15, 0.2) is 5.78 Å². The van der Waals surface area contributed by atoms with Crippen LogP contribution in [-0.4, -0.2) is 17.7 Å². The summed E-state index contributed by atoms with van der Waals surface area (Å²) in [5.41, 5.74) is 0.952. The normalized spacial score (nSPS) is 10.0. The standard InChI is InChI=1S/C17H14ClNO4/c1-10(20)14-4-3-5-15(18)16(14)19-17(22)12-6-8-13(9-7-12)23-11(2)21/h3-9H,1-2H3,(H,19,22). The van der Waals surface area contributed by atoms with Gasteiger partial charge in [0.25, 0.3) is 5.91 Å². The highest BCUT2D eigenvalue weighted by molar-refractivity contribution is 6.35. The van der Waals surface area contributed by atoms with Crippen LogP contribution in [0.3, 0.4) is 0 Å². The Balaban J connectivity index is 2.23.